The van der Waals surface area contributed by atoms with E-state index in [4.69, 9.17) is 0 Å². The van der Waals surface area contributed by atoms with Gasteiger partial charge in [0.1, 0.15) is 0 Å². The lowest BCUT2D eigenvalue weighted by atomic mass is 9.54. The fourth-order valence-corrected chi connectivity index (χ4v) is 6.23. The Balaban J connectivity index is 1.26. The molecule has 5 fully saturated rings. The standard InChI is InChI=1S/C21H28F3N3O/c1-11(10-27-17(14-2-3-14)9-18(26-27)21(22,23)24)20(28)25-19-15-5-12-4-13(7-15)8-16(19)6-12/h9,11-16,19H,2-8,10H2,1H3,(H,25,28). The first-order valence-corrected chi connectivity index (χ1v) is 10.7. The van der Waals surface area contributed by atoms with E-state index in [-0.39, 0.29) is 24.4 Å². The van der Waals surface area contributed by atoms with Gasteiger partial charge in [-0.25, -0.2) is 0 Å². The Labute approximate surface area is 163 Å². The van der Waals surface area contributed by atoms with Gasteiger partial charge >= 0.3 is 6.18 Å². The molecule has 7 heteroatoms. The van der Waals surface area contributed by atoms with Crippen LogP contribution in [0.3, 0.4) is 0 Å². The van der Waals surface area contributed by atoms with Gasteiger partial charge in [0.2, 0.25) is 5.91 Å². The Morgan fingerprint density at radius 2 is 1.79 bits per heavy atom. The fourth-order valence-electron chi connectivity index (χ4n) is 6.23. The maximum Gasteiger partial charge on any atom is 0.435 e. The first-order chi connectivity index (χ1) is 13.3. The second-order valence-corrected chi connectivity index (χ2v) is 9.77. The lowest BCUT2D eigenvalue weighted by Gasteiger charge is -2.54. The summed E-state index contributed by atoms with van der Waals surface area (Å²) < 4.78 is 40.7. The predicted molar refractivity (Wildman–Crippen MR) is 97.3 cm³/mol. The minimum atomic E-state index is -4.44. The fraction of sp³-hybridized carbons (Fsp3) is 0.810. The lowest BCUT2D eigenvalue weighted by molar-refractivity contribution is -0.141. The van der Waals surface area contributed by atoms with Crippen molar-refractivity contribution in [1.29, 1.82) is 0 Å². The van der Waals surface area contributed by atoms with E-state index >= 15 is 0 Å². The van der Waals surface area contributed by atoms with Crippen molar-refractivity contribution < 1.29 is 18.0 Å². The molecule has 0 aliphatic heterocycles. The highest BCUT2D eigenvalue weighted by Gasteiger charge is 2.48. The highest BCUT2D eigenvalue weighted by Crippen LogP contribution is 2.53. The zero-order chi connectivity index (χ0) is 19.6. The van der Waals surface area contributed by atoms with Crippen molar-refractivity contribution in [2.24, 2.45) is 29.6 Å². The number of amides is 1. The number of hydrogen-bond donors (Lipinski definition) is 1. The van der Waals surface area contributed by atoms with Crippen molar-refractivity contribution in [1.82, 2.24) is 15.1 Å². The number of alkyl halides is 3. The topological polar surface area (TPSA) is 46.9 Å². The van der Waals surface area contributed by atoms with Crippen LogP contribution in [0.25, 0.3) is 0 Å². The van der Waals surface area contributed by atoms with Crippen molar-refractivity contribution in [2.75, 3.05) is 0 Å². The molecule has 1 heterocycles. The Morgan fingerprint density at radius 1 is 1.18 bits per heavy atom. The van der Waals surface area contributed by atoms with Crippen molar-refractivity contribution in [3.63, 3.8) is 0 Å². The molecule has 0 saturated heterocycles. The van der Waals surface area contributed by atoms with Crippen molar-refractivity contribution in [3.8, 4) is 0 Å². The number of carbonyl (C=O) groups is 1. The van der Waals surface area contributed by atoms with E-state index in [0.29, 0.717) is 17.5 Å². The van der Waals surface area contributed by atoms with E-state index in [1.807, 2.05) is 0 Å². The molecule has 1 unspecified atom stereocenters. The number of hydrogen-bond acceptors (Lipinski definition) is 2. The molecule has 0 radical (unpaired) electrons. The normalized spacial score (nSPS) is 35.2. The molecule has 6 rings (SSSR count). The molecule has 4 nitrogen and oxygen atoms in total. The molecule has 5 aliphatic rings. The summed E-state index contributed by atoms with van der Waals surface area (Å²) in [6, 6.07) is 1.43. The largest absolute Gasteiger partial charge is 0.435 e. The van der Waals surface area contributed by atoms with Crippen LogP contribution in [0, 0.1) is 29.6 Å². The van der Waals surface area contributed by atoms with E-state index in [9.17, 15) is 18.0 Å². The zero-order valence-corrected chi connectivity index (χ0v) is 16.2. The molecule has 1 aromatic rings. The van der Waals surface area contributed by atoms with Gasteiger partial charge in [0.05, 0.1) is 12.5 Å². The second-order valence-electron chi connectivity index (χ2n) is 9.77. The lowest BCUT2D eigenvalue weighted by Crippen LogP contribution is -2.56. The summed E-state index contributed by atoms with van der Waals surface area (Å²) >= 11 is 0. The van der Waals surface area contributed by atoms with Crippen LogP contribution in [-0.4, -0.2) is 21.7 Å². The summed E-state index contributed by atoms with van der Waals surface area (Å²) in [4.78, 5) is 12.9. The number of nitrogens with zero attached hydrogens (tertiary/aromatic N) is 2. The van der Waals surface area contributed by atoms with E-state index < -0.39 is 17.8 Å². The monoisotopic (exact) mass is 395 g/mol. The summed E-state index contributed by atoms with van der Waals surface area (Å²) in [7, 11) is 0. The first-order valence-electron chi connectivity index (χ1n) is 10.7. The molecule has 4 bridgehead atoms. The second kappa shape index (κ2) is 6.49. The highest BCUT2D eigenvalue weighted by molar-refractivity contribution is 5.78. The number of carbonyl (C=O) groups excluding carboxylic acids is 1. The molecule has 5 aliphatic carbocycles. The van der Waals surface area contributed by atoms with Crippen molar-refractivity contribution >= 4 is 5.91 Å². The maximum absolute atomic E-state index is 13.1. The van der Waals surface area contributed by atoms with Gasteiger partial charge in [-0.05, 0) is 74.7 Å². The molecular formula is C21H28F3N3O. The van der Waals surface area contributed by atoms with Gasteiger partial charge in [-0.2, -0.15) is 18.3 Å². The van der Waals surface area contributed by atoms with Crippen LogP contribution in [-0.2, 0) is 17.5 Å². The summed E-state index contributed by atoms with van der Waals surface area (Å²) in [5.74, 6) is 2.60. The van der Waals surface area contributed by atoms with Crippen molar-refractivity contribution in [3.05, 3.63) is 17.5 Å². The Morgan fingerprint density at radius 3 is 2.32 bits per heavy atom. The van der Waals surface area contributed by atoms with Crippen LogP contribution in [0.15, 0.2) is 6.07 Å². The Kier molecular flexibility index (Phi) is 4.29. The number of aromatic nitrogens is 2. The third-order valence-corrected chi connectivity index (χ3v) is 7.53. The van der Waals surface area contributed by atoms with Crippen LogP contribution in [0.2, 0.25) is 0 Å². The van der Waals surface area contributed by atoms with Gasteiger partial charge in [-0.3, -0.25) is 9.48 Å². The third-order valence-electron chi connectivity index (χ3n) is 7.53. The number of rotatable bonds is 5. The summed E-state index contributed by atoms with van der Waals surface area (Å²) in [6.07, 6.45) is 3.64. The molecule has 5 saturated carbocycles. The molecule has 0 aromatic carbocycles. The molecule has 1 amide bonds. The summed E-state index contributed by atoms with van der Waals surface area (Å²) in [6.45, 7) is 2.01. The van der Waals surface area contributed by atoms with Gasteiger partial charge < -0.3 is 5.32 Å². The molecule has 1 atom stereocenters. The SMILES string of the molecule is CC(Cn1nc(C(F)(F)F)cc1C1CC1)C(=O)NC1C2CC3CC(C2)CC1C3. The molecule has 1 aromatic heterocycles. The highest BCUT2D eigenvalue weighted by atomic mass is 19.4. The third kappa shape index (κ3) is 3.35. The average Bonchev–Trinajstić information content (AvgIpc) is 3.36. The van der Waals surface area contributed by atoms with Gasteiger partial charge in [-0.15, -0.1) is 0 Å². The Bertz CT molecular complexity index is 739. The van der Waals surface area contributed by atoms with Crippen LogP contribution >= 0.6 is 0 Å². The van der Waals surface area contributed by atoms with E-state index in [1.165, 1.54) is 42.9 Å². The van der Waals surface area contributed by atoms with Crippen LogP contribution in [0.5, 0.6) is 0 Å². The number of halogens is 3. The molecule has 154 valence electrons. The quantitative estimate of drug-likeness (QED) is 0.805. The van der Waals surface area contributed by atoms with Gasteiger partial charge in [0.15, 0.2) is 5.69 Å². The smallest absolute Gasteiger partial charge is 0.353 e. The van der Waals surface area contributed by atoms with E-state index in [2.05, 4.69) is 10.4 Å². The average molecular weight is 395 g/mol. The van der Waals surface area contributed by atoms with Crippen LogP contribution in [0.4, 0.5) is 13.2 Å². The van der Waals surface area contributed by atoms with Gasteiger partial charge in [0.25, 0.3) is 0 Å². The minimum Gasteiger partial charge on any atom is -0.353 e. The molecule has 0 spiro atoms. The summed E-state index contributed by atoms with van der Waals surface area (Å²) in [5, 5.41) is 7.08. The van der Waals surface area contributed by atoms with E-state index in [1.54, 1.807) is 6.92 Å². The van der Waals surface area contributed by atoms with Crippen LogP contribution in [0.1, 0.15) is 69.2 Å². The number of nitrogens with one attached hydrogen (secondary N) is 1. The Hall–Kier alpha value is -1.53. The first kappa shape index (κ1) is 18.5. The van der Waals surface area contributed by atoms with Crippen LogP contribution < -0.4 is 5.32 Å². The molecule has 1 N–H and O–H groups in total. The molecular weight excluding hydrogens is 367 g/mol. The zero-order valence-electron chi connectivity index (χ0n) is 16.2. The summed E-state index contributed by atoms with van der Waals surface area (Å²) in [5.41, 5.74) is -0.218. The van der Waals surface area contributed by atoms with Crippen molar-refractivity contribution in [2.45, 2.75) is 76.6 Å². The maximum atomic E-state index is 13.1. The van der Waals surface area contributed by atoms with Gasteiger partial charge in [-0.1, -0.05) is 6.92 Å². The predicted octanol–water partition coefficient (Wildman–Crippen LogP) is 4.36. The minimum absolute atomic E-state index is 0.0386. The molecule has 28 heavy (non-hydrogen) atoms. The van der Waals surface area contributed by atoms with Gasteiger partial charge in [0, 0.05) is 17.7 Å². The van der Waals surface area contributed by atoms with E-state index in [0.717, 1.165) is 24.7 Å².